The standard InChI is InChI=1S/C50H35N3S/c1-3-44(38-26-25-33-15-7-8-18-35(33)27-38)52-50(34-16-5-4-6-17-34)51-32(2)39-29-43-41-22-12-14-24-48(41)54-49(43)47(31-39)53-45-23-13-11-21-40(45)42-28-36-19-9-10-20-37(36)30-46(42)53/h3-31H,1-2H3/b44-3-,51-32?,52-50?. The molecule has 0 aliphatic rings. The van der Waals surface area contributed by atoms with Crippen LogP contribution in [0.5, 0.6) is 0 Å². The predicted molar refractivity (Wildman–Crippen MR) is 234 cm³/mol. The minimum atomic E-state index is 0.675. The molecule has 0 N–H and O–H groups in total. The average molecular weight is 710 g/mol. The first-order valence-corrected chi connectivity index (χ1v) is 19.2. The zero-order valence-corrected chi connectivity index (χ0v) is 30.8. The molecule has 0 unspecified atom stereocenters. The van der Waals surface area contributed by atoms with Gasteiger partial charge in [0.05, 0.1) is 27.1 Å². The lowest BCUT2D eigenvalue weighted by molar-refractivity contribution is 1.20. The number of aromatic nitrogens is 1. The largest absolute Gasteiger partial charge is 0.308 e. The molecule has 0 spiro atoms. The summed E-state index contributed by atoms with van der Waals surface area (Å²) in [6.07, 6.45) is 2.07. The van der Waals surface area contributed by atoms with Gasteiger partial charge in [0.1, 0.15) is 0 Å². The fraction of sp³-hybridized carbons (Fsp3) is 0.0400. The van der Waals surface area contributed by atoms with Crippen LogP contribution in [0.25, 0.3) is 74.9 Å². The van der Waals surface area contributed by atoms with Crippen molar-refractivity contribution in [2.75, 3.05) is 0 Å². The van der Waals surface area contributed by atoms with Gasteiger partial charge in [-0.25, -0.2) is 9.98 Å². The number of amidine groups is 1. The quantitative estimate of drug-likeness (QED) is 0.126. The number of allylic oxidation sites excluding steroid dienone is 1. The molecule has 0 aliphatic heterocycles. The number of thiophene rings is 1. The van der Waals surface area contributed by atoms with Gasteiger partial charge in [0.2, 0.25) is 0 Å². The first-order valence-electron chi connectivity index (χ1n) is 18.4. The fourth-order valence-electron chi connectivity index (χ4n) is 7.82. The van der Waals surface area contributed by atoms with Gasteiger partial charge in [-0.1, -0.05) is 133 Å². The van der Waals surface area contributed by atoms with Crippen molar-refractivity contribution in [1.82, 2.24) is 4.57 Å². The van der Waals surface area contributed by atoms with Gasteiger partial charge in [0, 0.05) is 43.1 Å². The SMILES string of the molecule is C/C=C(\N=C(N=C(C)c1cc(-n2c3ccccc3c3cc4ccccc4cc32)c2sc3ccccc3c2c1)c1ccccc1)c1ccc2ccccc2c1. The van der Waals surface area contributed by atoms with Crippen molar-refractivity contribution in [1.29, 1.82) is 0 Å². The van der Waals surface area contributed by atoms with Crippen LogP contribution >= 0.6 is 11.3 Å². The molecule has 2 aromatic heterocycles. The monoisotopic (exact) mass is 709 g/mol. The Morgan fingerprint density at radius 2 is 1.17 bits per heavy atom. The van der Waals surface area contributed by atoms with E-state index in [1.165, 1.54) is 63.5 Å². The van der Waals surface area contributed by atoms with Gasteiger partial charge in [0.25, 0.3) is 0 Å². The van der Waals surface area contributed by atoms with Gasteiger partial charge >= 0.3 is 0 Å². The molecule has 2 heterocycles. The van der Waals surface area contributed by atoms with Crippen molar-refractivity contribution < 1.29 is 0 Å². The van der Waals surface area contributed by atoms with Gasteiger partial charge < -0.3 is 4.57 Å². The van der Waals surface area contributed by atoms with E-state index in [2.05, 4.69) is 181 Å². The molecule has 0 radical (unpaired) electrons. The molecule has 256 valence electrons. The molecule has 4 heteroatoms. The maximum Gasteiger partial charge on any atom is 0.160 e. The molecule has 54 heavy (non-hydrogen) atoms. The summed E-state index contributed by atoms with van der Waals surface area (Å²) in [5.74, 6) is 0.675. The highest BCUT2D eigenvalue weighted by Gasteiger charge is 2.19. The van der Waals surface area contributed by atoms with Crippen LogP contribution in [0.15, 0.2) is 186 Å². The normalized spacial score (nSPS) is 13.0. The predicted octanol–water partition coefficient (Wildman–Crippen LogP) is 13.8. The molecule has 0 bridgehead atoms. The van der Waals surface area contributed by atoms with Crippen LogP contribution < -0.4 is 0 Å². The van der Waals surface area contributed by atoms with E-state index in [1.54, 1.807) is 0 Å². The highest BCUT2D eigenvalue weighted by Crippen LogP contribution is 2.42. The lowest BCUT2D eigenvalue weighted by Gasteiger charge is -2.13. The number of rotatable bonds is 5. The van der Waals surface area contributed by atoms with Crippen molar-refractivity contribution >= 4 is 92.1 Å². The summed E-state index contributed by atoms with van der Waals surface area (Å²) in [7, 11) is 0. The summed E-state index contributed by atoms with van der Waals surface area (Å²) in [5, 5.41) is 9.85. The van der Waals surface area contributed by atoms with E-state index in [1.807, 2.05) is 24.3 Å². The van der Waals surface area contributed by atoms with Gasteiger partial charge in [-0.05, 0) is 83.4 Å². The Labute approximate surface area is 317 Å². The molecular formula is C50H35N3S. The average Bonchev–Trinajstić information content (AvgIpc) is 3.76. The van der Waals surface area contributed by atoms with Gasteiger partial charge in [-0.15, -0.1) is 11.3 Å². The number of hydrogen-bond donors (Lipinski definition) is 0. The smallest absolute Gasteiger partial charge is 0.160 e. The number of fused-ring (bicyclic) bond motifs is 8. The molecule has 0 aliphatic carbocycles. The minimum Gasteiger partial charge on any atom is -0.308 e. The summed E-state index contributed by atoms with van der Waals surface area (Å²) < 4.78 is 4.99. The summed E-state index contributed by atoms with van der Waals surface area (Å²) in [4.78, 5) is 10.7. The van der Waals surface area contributed by atoms with Crippen LogP contribution in [0.1, 0.15) is 30.5 Å². The van der Waals surface area contributed by atoms with Crippen molar-refractivity contribution in [2.45, 2.75) is 13.8 Å². The molecule has 10 rings (SSSR count). The van der Waals surface area contributed by atoms with E-state index < -0.39 is 0 Å². The zero-order valence-electron chi connectivity index (χ0n) is 30.0. The Morgan fingerprint density at radius 1 is 0.500 bits per heavy atom. The van der Waals surface area contributed by atoms with Gasteiger partial charge in [-0.3, -0.25) is 0 Å². The Balaban J connectivity index is 1.21. The minimum absolute atomic E-state index is 0.675. The molecule has 3 nitrogen and oxygen atoms in total. The molecular weight excluding hydrogens is 675 g/mol. The third-order valence-electron chi connectivity index (χ3n) is 10.5. The second-order valence-corrected chi connectivity index (χ2v) is 14.8. The summed E-state index contributed by atoms with van der Waals surface area (Å²) in [6, 6.07) is 60.8. The number of para-hydroxylation sites is 1. The van der Waals surface area contributed by atoms with Crippen LogP contribution in [0.2, 0.25) is 0 Å². The molecule has 0 atom stereocenters. The highest BCUT2D eigenvalue weighted by atomic mass is 32.1. The Hall–Kier alpha value is -6.62. The summed E-state index contributed by atoms with van der Waals surface area (Å²) >= 11 is 1.86. The van der Waals surface area contributed by atoms with Crippen LogP contribution in [0.3, 0.4) is 0 Å². The Morgan fingerprint density at radius 3 is 1.96 bits per heavy atom. The lowest BCUT2D eigenvalue weighted by atomic mass is 10.0. The van der Waals surface area contributed by atoms with E-state index in [4.69, 9.17) is 9.98 Å². The number of hydrogen-bond acceptors (Lipinski definition) is 2. The molecule has 10 aromatic rings. The van der Waals surface area contributed by atoms with Crippen molar-refractivity contribution in [3.8, 4) is 5.69 Å². The zero-order chi connectivity index (χ0) is 36.2. The molecule has 0 fully saturated rings. The van der Waals surface area contributed by atoms with E-state index in [0.29, 0.717) is 5.84 Å². The molecule has 0 saturated heterocycles. The highest BCUT2D eigenvalue weighted by molar-refractivity contribution is 7.26. The molecule has 8 aromatic carbocycles. The number of aliphatic imine (C=N–C) groups is 2. The first kappa shape index (κ1) is 32.1. The second kappa shape index (κ2) is 13.1. The maximum atomic E-state index is 5.37. The van der Waals surface area contributed by atoms with Crippen LogP contribution in [-0.4, -0.2) is 16.1 Å². The van der Waals surface area contributed by atoms with Crippen LogP contribution in [-0.2, 0) is 0 Å². The lowest BCUT2D eigenvalue weighted by Crippen LogP contribution is -2.05. The third-order valence-corrected chi connectivity index (χ3v) is 11.7. The van der Waals surface area contributed by atoms with E-state index >= 15 is 0 Å². The first-order chi connectivity index (χ1) is 26.6. The van der Waals surface area contributed by atoms with Gasteiger partial charge in [0.15, 0.2) is 5.84 Å². The maximum absolute atomic E-state index is 5.37. The fourth-order valence-corrected chi connectivity index (χ4v) is 9.01. The Bertz CT molecular complexity index is 3180. The van der Waals surface area contributed by atoms with E-state index in [0.717, 1.165) is 33.8 Å². The molecule has 0 amide bonds. The second-order valence-electron chi connectivity index (χ2n) is 13.8. The van der Waals surface area contributed by atoms with E-state index in [9.17, 15) is 0 Å². The Kier molecular flexibility index (Phi) is 7.78. The van der Waals surface area contributed by atoms with E-state index in [-0.39, 0.29) is 0 Å². The summed E-state index contributed by atoms with van der Waals surface area (Å²) in [6.45, 7) is 4.16. The summed E-state index contributed by atoms with van der Waals surface area (Å²) in [5.41, 5.74) is 8.41. The molecule has 0 saturated carbocycles. The van der Waals surface area contributed by atoms with Crippen molar-refractivity contribution in [3.05, 3.63) is 193 Å². The van der Waals surface area contributed by atoms with Crippen molar-refractivity contribution in [2.24, 2.45) is 9.98 Å². The number of nitrogens with zero attached hydrogens (tertiary/aromatic N) is 3. The third kappa shape index (κ3) is 5.42. The topological polar surface area (TPSA) is 29.6 Å². The van der Waals surface area contributed by atoms with Gasteiger partial charge in [-0.2, -0.15) is 0 Å². The van der Waals surface area contributed by atoms with Crippen LogP contribution in [0, 0.1) is 0 Å². The van der Waals surface area contributed by atoms with Crippen LogP contribution in [0.4, 0.5) is 0 Å². The number of benzene rings is 8. The van der Waals surface area contributed by atoms with Crippen molar-refractivity contribution in [3.63, 3.8) is 0 Å².